The van der Waals surface area contributed by atoms with E-state index in [1.54, 1.807) is 42.5 Å². The summed E-state index contributed by atoms with van der Waals surface area (Å²) >= 11 is 3.95. The average Bonchev–Trinajstić information content (AvgIpc) is 2.49. The molecule has 0 saturated carbocycles. The molecule has 20 heavy (non-hydrogen) atoms. The van der Waals surface area contributed by atoms with Crippen molar-refractivity contribution in [2.24, 2.45) is 0 Å². The fourth-order valence-electron chi connectivity index (χ4n) is 1.61. The van der Waals surface area contributed by atoms with Crippen molar-refractivity contribution in [2.45, 2.75) is 6.92 Å². The lowest BCUT2D eigenvalue weighted by Crippen LogP contribution is -2.32. The minimum absolute atomic E-state index is 0.404. The molecule has 5 heteroatoms. The molecule has 0 heterocycles. The Balaban J connectivity index is 2.05. The maximum Gasteiger partial charge on any atom is 0.338 e. The smallest absolute Gasteiger partial charge is 0.307 e. The summed E-state index contributed by atoms with van der Waals surface area (Å²) in [6.07, 6.45) is 0. The molecule has 3 amide bonds. The van der Waals surface area contributed by atoms with Crippen molar-refractivity contribution < 1.29 is 9.59 Å². The Morgan fingerprint density at radius 3 is 2.20 bits per heavy atom. The van der Waals surface area contributed by atoms with Crippen molar-refractivity contribution in [1.82, 2.24) is 4.31 Å². The van der Waals surface area contributed by atoms with Crippen LogP contribution in [0.3, 0.4) is 0 Å². The molecule has 0 atom stereocenters. The lowest BCUT2D eigenvalue weighted by Gasteiger charge is -2.15. The van der Waals surface area contributed by atoms with Gasteiger partial charge in [-0.15, -0.1) is 0 Å². The standard InChI is InChI=1S/C15H14N2O2S/c1-11-7-9-13(10-8-11)16-15(19)17(20)14(18)12-5-3-2-4-6-12/h2-10,20H,1H3,(H,16,19). The van der Waals surface area contributed by atoms with Gasteiger partial charge in [0.15, 0.2) is 0 Å². The van der Waals surface area contributed by atoms with Gasteiger partial charge in [0.05, 0.1) is 0 Å². The number of thiol groups is 1. The third-order valence-corrected chi connectivity index (χ3v) is 3.07. The van der Waals surface area contributed by atoms with Crippen LogP contribution >= 0.6 is 12.8 Å². The zero-order chi connectivity index (χ0) is 14.5. The van der Waals surface area contributed by atoms with E-state index in [2.05, 4.69) is 18.1 Å². The van der Waals surface area contributed by atoms with Gasteiger partial charge in [0.2, 0.25) is 0 Å². The molecule has 4 nitrogen and oxygen atoms in total. The molecule has 1 N–H and O–H groups in total. The van der Waals surface area contributed by atoms with Crippen LogP contribution in [0.5, 0.6) is 0 Å². The van der Waals surface area contributed by atoms with Crippen LogP contribution in [-0.2, 0) is 0 Å². The van der Waals surface area contributed by atoms with Gasteiger partial charge < -0.3 is 5.32 Å². The fraction of sp³-hybridized carbons (Fsp3) is 0.0667. The summed E-state index contributed by atoms with van der Waals surface area (Å²) < 4.78 is 0.759. The topological polar surface area (TPSA) is 49.4 Å². The van der Waals surface area contributed by atoms with Crippen molar-refractivity contribution in [1.29, 1.82) is 0 Å². The minimum Gasteiger partial charge on any atom is -0.307 e. The molecule has 2 rings (SSSR count). The first kappa shape index (κ1) is 14.1. The molecule has 2 aromatic carbocycles. The van der Waals surface area contributed by atoms with Gasteiger partial charge in [-0.2, -0.15) is 0 Å². The molecule has 0 aliphatic rings. The Morgan fingerprint density at radius 2 is 1.60 bits per heavy atom. The predicted molar refractivity (Wildman–Crippen MR) is 81.8 cm³/mol. The number of hydrogen-bond acceptors (Lipinski definition) is 3. The van der Waals surface area contributed by atoms with Crippen molar-refractivity contribution >= 4 is 30.4 Å². The molecule has 0 fully saturated rings. The second-order valence-corrected chi connectivity index (χ2v) is 4.68. The number of urea groups is 1. The van der Waals surface area contributed by atoms with Crippen LogP contribution in [0, 0.1) is 6.92 Å². The van der Waals surface area contributed by atoms with Crippen molar-refractivity contribution in [2.75, 3.05) is 5.32 Å². The highest BCUT2D eigenvalue weighted by molar-refractivity contribution is 7.79. The van der Waals surface area contributed by atoms with Crippen molar-refractivity contribution in [3.05, 3.63) is 65.7 Å². The van der Waals surface area contributed by atoms with Gasteiger partial charge in [-0.25, -0.2) is 9.10 Å². The van der Waals surface area contributed by atoms with E-state index in [-0.39, 0.29) is 0 Å². The van der Waals surface area contributed by atoms with E-state index in [0.29, 0.717) is 11.3 Å². The van der Waals surface area contributed by atoms with Crippen LogP contribution in [0.1, 0.15) is 15.9 Å². The van der Waals surface area contributed by atoms with Crippen LogP contribution in [0.15, 0.2) is 54.6 Å². The molecule has 0 bridgehead atoms. The summed E-state index contributed by atoms with van der Waals surface area (Å²) in [4.78, 5) is 23.9. The highest BCUT2D eigenvalue weighted by Crippen LogP contribution is 2.12. The van der Waals surface area contributed by atoms with Crippen LogP contribution in [0.25, 0.3) is 0 Å². The van der Waals surface area contributed by atoms with E-state index in [9.17, 15) is 9.59 Å². The Labute approximate surface area is 123 Å². The fourth-order valence-corrected chi connectivity index (χ4v) is 1.77. The Morgan fingerprint density at radius 1 is 1.00 bits per heavy atom. The maximum absolute atomic E-state index is 12.0. The van der Waals surface area contributed by atoms with E-state index in [4.69, 9.17) is 0 Å². The Kier molecular flexibility index (Phi) is 4.42. The highest BCUT2D eigenvalue weighted by atomic mass is 32.1. The first-order valence-corrected chi connectivity index (χ1v) is 6.44. The maximum atomic E-state index is 12.0. The summed E-state index contributed by atoms with van der Waals surface area (Å²) in [5.74, 6) is -0.474. The van der Waals surface area contributed by atoms with Gasteiger partial charge in [-0.05, 0) is 31.2 Å². The molecule has 0 unspecified atom stereocenters. The molecule has 0 spiro atoms. The second kappa shape index (κ2) is 6.25. The number of benzene rings is 2. The van der Waals surface area contributed by atoms with Gasteiger partial charge in [0.25, 0.3) is 5.91 Å². The second-order valence-electron chi connectivity index (χ2n) is 4.28. The number of amides is 3. The average molecular weight is 286 g/mol. The molecule has 0 aliphatic carbocycles. The van der Waals surface area contributed by atoms with Crippen molar-refractivity contribution in [3.8, 4) is 0 Å². The summed E-state index contributed by atoms with van der Waals surface area (Å²) in [6, 6.07) is 15.2. The third kappa shape index (κ3) is 3.39. The SMILES string of the molecule is Cc1ccc(NC(=O)N(S)C(=O)c2ccccc2)cc1. The number of carbonyl (C=O) groups excluding carboxylic acids is 2. The first-order valence-electron chi connectivity index (χ1n) is 6.04. The van der Waals surface area contributed by atoms with Crippen molar-refractivity contribution in [3.63, 3.8) is 0 Å². The van der Waals surface area contributed by atoms with Crippen LogP contribution in [0.2, 0.25) is 0 Å². The zero-order valence-electron chi connectivity index (χ0n) is 10.9. The summed E-state index contributed by atoms with van der Waals surface area (Å²) in [5.41, 5.74) is 2.10. The molecule has 2 aromatic rings. The summed E-state index contributed by atoms with van der Waals surface area (Å²) in [7, 11) is 0. The van der Waals surface area contributed by atoms with E-state index >= 15 is 0 Å². The lowest BCUT2D eigenvalue weighted by atomic mass is 10.2. The monoisotopic (exact) mass is 286 g/mol. The number of hydrogen-bond donors (Lipinski definition) is 2. The van der Waals surface area contributed by atoms with E-state index in [1.807, 2.05) is 19.1 Å². The number of anilines is 1. The van der Waals surface area contributed by atoms with Gasteiger partial charge in [-0.3, -0.25) is 4.79 Å². The number of aryl methyl sites for hydroxylation is 1. The molecule has 0 saturated heterocycles. The molecule has 0 aromatic heterocycles. The lowest BCUT2D eigenvalue weighted by molar-refractivity contribution is 0.0902. The van der Waals surface area contributed by atoms with E-state index in [0.717, 1.165) is 9.87 Å². The number of nitrogens with one attached hydrogen (secondary N) is 1. The van der Waals surface area contributed by atoms with E-state index in [1.165, 1.54) is 0 Å². The highest BCUT2D eigenvalue weighted by Gasteiger charge is 2.19. The van der Waals surface area contributed by atoms with Gasteiger partial charge in [-0.1, -0.05) is 48.7 Å². The molecule has 0 aliphatic heterocycles. The molecular formula is C15H14N2O2S. The molecule has 102 valence electrons. The molecular weight excluding hydrogens is 272 g/mol. The Hall–Kier alpha value is -2.27. The minimum atomic E-state index is -0.592. The van der Waals surface area contributed by atoms with Gasteiger partial charge in [0.1, 0.15) is 0 Å². The first-order chi connectivity index (χ1) is 9.58. The largest absolute Gasteiger partial charge is 0.338 e. The number of rotatable bonds is 2. The van der Waals surface area contributed by atoms with Crippen LogP contribution < -0.4 is 5.32 Å². The molecule has 0 radical (unpaired) electrons. The zero-order valence-corrected chi connectivity index (χ0v) is 11.8. The van der Waals surface area contributed by atoms with E-state index < -0.39 is 11.9 Å². The normalized spacial score (nSPS) is 9.90. The Bertz CT molecular complexity index is 612. The van der Waals surface area contributed by atoms with Gasteiger partial charge >= 0.3 is 6.03 Å². The van der Waals surface area contributed by atoms with Crippen LogP contribution in [-0.4, -0.2) is 16.2 Å². The number of carbonyl (C=O) groups is 2. The van der Waals surface area contributed by atoms with Gasteiger partial charge in [0, 0.05) is 11.3 Å². The summed E-state index contributed by atoms with van der Waals surface area (Å²) in [6.45, 7) is 1.95. The quantitative estimate of drug-likeness (QED) is 0.830. The third-order valence-electron chi connectivity index (χ3n) is 2.71. The number of imide groups is 1. The number of nitrogens with zero attached hydrogens (tertiary/aromatic N) is 1. The summed E-state index contributed by atoms with van der Waals surface area (Å²) in [5, 5.41) is 2.61. The predicted octanol–water partition coefficient (Wildman–Crippen LogP) is 3.51. The van der Waals surface area contributed by atoms with Crippen LogP contribution in [0.4, 0.5) is 10.5 Å².